The number of nitriles is 1. The van der Waals surface area contributed by atoms with Crippen LogP contribution in [-0.4, -0.2) is 22.3 Å². The minimum atomic E-state index is -0.402. The van der Waals surface area contributed by atoms with Gasteiger partial charge in [0.25, 0.3) is 5.56 Å². The molecule has 6 heteroatoms. The standard InChI is InChI=1S/C18H19N3O2S/c1-24-18-20-16(15(10-19)17(22)21-18)13-8-6-12(7-9-13)11-23-14-4-2-3-5-14/h6-9,14H,2-5,11H2,1H3,(H,20,21,22). The second kappa shape index (κ2) is 7.65. The highest BCUT2D eigenvalue weighted by molar-refractivity contribution is 7.98. The molecular formula is C18H19N3O2S. The lowest BCUT2D eigenvalue weighted by Crippen LogP contribution is -2.14. The van der Waals surface area contributed by atoms with Gasteiger partial charge in [-0.05, 0) is 24.7 Å². The summed E-state index contributed by atoms with van der Waals surface area (Å²) < 4.78 is 5.91. The molecule has 24 heavy (non-hydrogen) atoms. The summed E-state index contributed by atoms with van der Waals surface area (Å²) in [6, 6.07) is 9.66. The van der Waals surface area contributed by atoms with Crippen LogP contribution in [0.5, 0.6) is 0 Å². The van der Waals surface area contributed by atoms with Gasteiger partial charge in [-0.2, -0.15) is 5.26 Å². The molecule has 1 heterocycles. The molecule has 3 rings (SSSR count). The van der Waals surface area contributed by atoms with Crippen LogP contribution in [0.4, 0.5) is 0 Å². The van der Waals surface area contributed by atoms with Crippen LogP contribution in [0.1, 0.15) is 36.8 Å². The number of thioether (sulfide) groups is 1. The van der Waals surface area contributed by atoms with Crippen LogP contribution in [0.2, 0.25) is 0 Å². The summed E-state index contributed by atoms with van der Waals surface area (Å²) >= 11 is 1.34. The molecule has 0 unspecified atom stereocenters. The second-order valence-corrected chi connectivity index (χ2v) is 6.62. The Labute approximate surface area is 145 Å². The van der Waals surface area contributed by atoms with Crippen molar-refractivity contribution in [3.8, 4) is 17.3 Å². The Kier molecular flexibility index (Phi) is 5.34. The summed E-state index contributed by atoms with van der Waals surface area (Å²) in [6.45, 7) is 0.592. The van der Waals surface area contributed by atoms with E-state index in [1.807, 2.05) is 36.6 Å². The summed E-state index contributed by atoms with van der Waals surface area (Å²) in [5.41, 5.74) is 1.91. The molecule has 0 atom stereocenters. The Morgan fingerprint density at radius 2 is 2.04 bits per heavy atom. The zero-order valence-electron chi connectivity index (χ0n) is 13.5. The van der Waals surface area contributed by atoms with Crippen LogP contribution in [-0.2, 0) is 11.3 Å². The largest absolute Gasteiger partial charge is 0.374 e. The van der Waals surface area contributed by atoms with Crippen LogP contribution in [0.15, 0.2) is 34.2 Å². The van der Waals surface area contributed by atoms with E-state index >= 15 is 0 Å². The van der Waals surface area contributed by atoms with E-state index < -0.39 is 5.56 Å². The summed E-state index contributed by atoms with van der Waals surface area (Å²) in [6.07, 6.45) is 7.03. The summed E-state index contributed by atoms with van der Waals surface area (Å²) in [5, 5.41) is 9.75. The predicted octanol–water partition coefficient (Wildman–Crippen LogP) is 3.49. The van der Waals surface area contributed by atoms with Crippen molar-refractivity contribution in [3.63, 3.8) is 0 Å². The van der Waals surface area contributed by atoms with Crippen molar-refractivity contribution >= 4 is 11.8 Å². The molecule has 0 amide bonds. The van der Waals surface area contributed by atoms with Crippen molar-refractivity contribution < 1.29 is 4.74 Å². The number of ether oxygens (including phenoxy) is 1. The molecule has 1 aromatic heterocycles. The first kappa shape index (κ1) is 16.7. The fourth-order valence-electron chi connectivity index (χ4n) is 2.89. The van der Waals surface area contributed by atoms with E-state index in [0.29, 0.717) is 23.6 Å². The van der Waals surface area contributed by atoms with Crippen molar-refractivity contribution in [1.29, 1.82) is 5.26 Å². The molecule has 0 bridgehead atoms. The van der Waals surface area contributed by atoms with Crippen LogP contribution in [0.25, 0.3) is 11.3 Å². The third kappa shape index (κ3) is 3.69. The third-order valence-electron chi connectivity index (χ3n) is 4.22. The van der Waals surface area contributed by atoms with Gasteiger partial charge in [0.15, 0.2) is 5.16 Å². The highest BCUT2D eigenvalue weighted by Gasteiger charge is 2.16. The first-order valence-electron chi connectivity index (χ1n) is 8.00. The van der Waals surface area contributed by atoms with Crippen molar-refractivity contribution in [2.75, 3.05) is 6.26 Å². The number of hydrogen-bond donors (Lipinski definition) is 1. The maximum atomic E-state index is 12.0. The maximum absolute atomic E-state index is 12.0. The monoisotopic (exact) mass is 341 g/mol. The average molecular weight is 341 g/mol. The molecule has 1 aliphatic carbocycles. The molecule has 1 fully saturated rings. The van der Waals surface area contributed by atoms with Gasteiger partial charge < -0.3 is 9.72 Å². The SMILES string of the molecule is CSc1nc(-c2ccc(COC3CCCC3)cc2)c(C#N)c(=O)[nH]1. The van der Waals surface area contributed by atoms with Gasteiger partial charge in [-0.3, -0.25) is 4.79 Å². The Morgan fingerprint density at radius 3 is 2.67 bits per heavy atom. The Morgan fingerprint density at radius 1 is 1.33 bits per heavy atom. The highest BCUT2D eigenvalue weighted by Crippen LogP contribution is 2.24. The summed E-state index contributed by atoms with van der Waals surface area (Å²) in [4.78, 5) is 19.0. The smallest absolute Gasteiger partial charge is 0.270 e. The molecule has 0 saturated heterocycles. The van der Waals surface area contributed by atoms with Crippen LogP contribution in [0, 0.1) is 11.3 Å². The van der Waals surface area contributed by atoms with E-state index in [2.05, 4.69) is 9.97 Å². The first-order valence-corrected chi connectivity index (χ1v) is 9.23. The van der Waals surface area contributed by atoms with Gasteiger partial charge >= 0.3 is 0 Å². The molecular weight excluding hydrogens is 322 g/mol. The number of aromatic amines is 1. The molecule has 0 radical (unpaired) electrons. The van der Waals surface area contributed by atoms with Gasteiger partial charge in [0.05, 0.1) is 18.4 Å². The average Bonchev–Trinajstić information content (AvgIpc) is 3.13. The second-order valence-electron chi connectivity index (χ2n) is 5.83. The molecule has 1 saturated carbocycles. The Balaban J connectivity index is 1.81. The number of nitrogens with zero attached hydrogens (tertiary/aromatic N) is 2. The number of benzene rings is 1. The highest BCUT2D eigenvalue weighted by atomic mass is 32.2. The zero-order chi connectivity index (χ0) is 16.9. The number of H-pyrrole nitrogens is 1. The number of rotatable bonds is 5. The van der Waals surface area contributed by atoms with Crippen LogP contribution >= 0.6 is 11.8 Å². The van der Waals surface area contributed by atoms with Gasteiger partial charge in [0.2, 0.25) is 0 Å². The fraction of sp³-hybridized carbons (Fsp3) is 0.389. The van der Waals surface area contributed by atoms with E-state index in [4.69, 9.17) is 4.74 Å². The van der Waals surface area contributed by atoms with Crippen molar-refractivity contribution in [2.45, 2.75) is 43.6 Å². The van der Waals surface area contributed by atoms with E-state index in [1.54, 1.807) is 0 Å². The van der Waals surface area contributed by atoms with Gasteiger partial charge in [-0.15, -0.1) is 0 Å². The summed E-state index contributed by atoms with van der Waals surface area (Å²) in [7, 11) is 0. The van der Waals surface area contributed by atoms with Gasteiger partial charge in [-0.1, -0.05) is 48.9 Å². The predicted molar refractivity (Wildman–Crippen MR) is 93.8 cm³/mol. The minimum absolute atomic E-state index is 0.0442. The normalized spacial score (nSPS) is 14.7. The van der Waals surface area contributed by atoms with E-state index in [0.717, 1.165) is 24.0 Å². The number of nitrogens with one attached hydrogen (secondary N) is 1. The van der Waals surface area contributed by atoms with Gasteiger partial charge in [0, 0.05) is 5.56 Å². The molecule has 5 nitrogen and oxygen atoms in total. The van der Waals surface area contributed by atoms with Crippen molar-refractivity contribution in [2.24, 2.45) is 0 Å². The van der Waals surface area contributed by atoms with E-state index in [1.165, 1.54) is 24.6 Å². The van der Waals surface area contributed by atoms with E-state index in [9.17, 15) is 10.1 Å². The van der Waals surface area contributed by atoms with E-state index in [-0.39, 0.29) is 5.56 Å². The lowest BCUT2D eigenvalue weighted by atomic mass is 10.1. The number of aromatic nitrogens is 2. The lowest BCUT2D eigenvalue weighted by molar-refractivity contribution is 0.0457. The fourth-order valence-corrected chi connectivity index (χ4v) is 3.27. The first-order chi connectivity index (χ1) is 11.7. The summed E-state index contributed by atoms with van der Waals surface area (Å²) in [5.74, 6) is 0. The van der Waals surface area contributed by atoms with Crippen molar-refractivity contribution in [1.82, 2.24) is 9.97 Å². The molecule has 0 aliphatic heterocycles. The zero-order valence-corrected chi connectivity index (χ0v) is 14.4. The van der Waals surface area contributed by atoms with Crippen molar-refractivity contribution in [3.05, 3.63) is 45.7 Å². The molecule has 1 aromatic carbocycles. The molecule has 124 valence electrons. The molecule has 1 N–H and O–H groups in total. The van der Waals surface area contributed by atoms with Gasteiger partial charge in [-0.25, -0.2) is 4.98 Å². The molecule has 1 aliphatic rings. The molecule has 0 spiro atoms. The third-order valence-corrected chi connectivity index (χ3v) is 4.80. The number of hydrogen-bond acceptors (Lipinski definition) is 5. The lowest BCUT2D eigenvalue weighted by Gasteiger charge is -2.11. The Bertz CT molecular complexity index is 802. The van der Waals surface area contributed by atoms with Crippen LogP contribution in [0.3, 0.4) is 0 Å². The quantitative estimate of drug-likeness (QED) is 0.665. The maximum Gasteiger partial charge on any atom is 0.270 e. The Hall–Kier alpha value is -2.10. The minimum Gasteiger partial charge on any atom is -0.374 e. The topological polar surface area (TPSA) is 78.8 Å². The van der Waals surface area contributed by atoms with Gasteiger partial charge in [0.1, 0.15) is 11.6 Å². The van der Waals surface area contributed by atoms with Crippen LogP contribution < -0.4 is 5.56 Å². The molecule has 2 aromatic rings.